The van der Waals surface area contributed by atoms with E-state index in [1.54, 1.807) is 0 Å². The SMILES string of the molecule is CC(C)(C)c1ccc(N(c2ccc3c(c2)C2(c4ccccc4Sc4ccccc42)c2cc(N(c4ccc(C(C)(C)C)cc4)c4cccc5c4oc4ccccc45)c4cccnc4c2O3)c2cccc3c2oc2ccccc23)cc1. The number of hydrogen-bond donors (Lipinski definition) is 0. The summed E-state index contributed by atoms with van der Waals surface area (Å²) in [6, 6.07) is 78.9. The van der Waals surface area contributed by atoms with Crippen molar-refractivity contribution in [2.45, 2.75) is 67.6 Å². The topological polar surface area (TPSA) is 54.9 Å². The van der Waals surface area contributed by atoms with Crippen LogP contribution in [0.25, 0.3) is 54.8 Å². The number of anilines is 6. The number of benzene rings is 10. The third-order valence-electron chi connectivity index (χ3n) is 16.3. The first kappa shape index (κ1) is 47.2. The Morgan fingerprint density at radius 2 is 0.899 bits per heavy atom. The van der Waals surface area contributed by atoms with E-state index in [1.165, 1.54) is 32.0 Å². The lowest BCUT2D eigenvalue weighted by Crippen LogP contribution is -2.37. The maximum absolute atomic E-state index is 7.52. The Labute approximate surface area is 463 Å². The van der Waals surface area contributed by atoms with Gasteiger partial charge >= 0.3 is 0 Å². The van der Waals surface area contributed by atoms with Crippen molar-refractivity contribution in [2.75, 3.05) is 9.80 Å². The first-order chi connectivity index (χ1) is 38.4. The van der Waals surface area contributed by atoms with E-state index in [0.717, 1.165) is 112 Å². The van der Waals surface area contributed by atoms with Crippen LogP contribution in [0.4, 0.5) is 34.1 Å². The summed E-state index contributed by atoms with van der Waals surface area (Å²) in [5.74, 6) is 1.49. The monoisotopic (exact) mass is 1040 g/mol. The van der Waals surface area contributed by atoms with Gasteiger partial charge in [0.05, 0.1) is 22.5 Å². The number of pyridine rings is 1. The molecule has 0 fully saturated rings. The molecular weight excluding hydrogens is 987 g/mol. The number of aromatic nitrogens is 1. The van der Waals surface area contributed by atoms with Crippen molar-refractivity contribution in [1.82, 2.24) is 4.98 Å². The third-order valence-corrected chi connectivity index (χ3v) is 17.5. The molecule has 0 aliphatic carbocycles. The maximum atomic E-state index is 7.52. The van der Waals surface area contributed by atoms with E-state index >= 15 is 0 Å². The van der Waals surface area contributed by atoms with E-state index in [-0.39, 0.29) is 10.8 Å². The Kier molecular flexibility index (Phi) is 10.4. The molecule has 3 aromatic heterocycles. The first-order valence-electron chi connectivity index (χ1n) is 27.2. The van der Waals surface area contributed by atoms with Gasteiger partial charge in [0, 0.05) is 71.1 Å². The standard InChI is InChI=1S/C72H55N3O3S/c1-70(2,3)44-31-35-46(36-32-44)74(58-25-15-20-51-49-18-7-11-27-61(49)76-67(51)58)48-39-40-63-56(42-48)72(54-23-9-13-29-64(54)79-65-30-14-10-24-55(65)72)57-43-60(53-22-17-41-73-66(53)69(57)78-63)75(47-37-33-45(34-38-47)71(4,5)6)59-26-16-21-52-50-19-8-12-28-62(50)77-68(52)59/h7-43H,1-6H3. The van der Waals surface area contributed by atoms with Crippen LogP contribution < -0.4 is 14.5 Å². The molecule has 2 aliphatic heterocycles. The summed E-state index contributed by atoms with van der Waals surface area (Å²) >= 11 is 1.82. The quantitative estimate of drug-likeness (QED) is 0.164. The van der Waals surface area contributed by atoms with Gasteiger partial charge in [0.25, 0.3) is 0 Å². The molecule has 6 nitrogen and oxygen atoms in total. The molecule has 2 aliphatic rings. The van der Waals surface area contributed by atoms with Crippen LogP contribution in [0.15, 0.2) is 243 Å². The van der Waals surface area contributed by atoms with Gasteiger partial charge in [0.2, 0.25) is 0 Å². The largest absolute Gasteiger partial charge is 0.454 e. The van der Waals surface area contributed by atoms with E-state index < -0.39 is 5.41 Å². The minimum atomic E-state index is -0.919. The van der Waals surface area contributed by atoms with Crippen molar-refractivity contribution in [1.29, 1.82) is 0 Å². The predicted octanol–water partition coefficient (Wildman–Crippen LogP) is 20.5. The molecule has 0 unspecified atom stereocenters. The molecule has 0 atom stereocenters. The van der Waals surface area contributed by atoms with Gasteiger partial charge in [0.15, 0.2) is 16.9 Å². The van der Waals surface area contributed by atoms with Gasteiger partial charge in [-0.25, -0.2) is 0 Å². The lowest BCUT2D eigenvalue weighted by Gasteiger charge is -2.46. The van der Waals surface area contributed by atoms with Gasteiger partial charge in [-0.05, 0) is 130 Å². The van der Waals surface area contributed by atoms with Gasteiger partial charge in [-0.2, -0.15) is 0 Å². The number of ether oxygens (including phenoxy) is 1. The zero-order valence-corrected chi connectivity index (χ0v) is 45.7. The van der Waals surface area contributed by atoms with E-state index in [1.807, 2.05) is 36.2 Å². The van der Waals surface area contributed by atoms with Gasteiger partial charge in [-0.3, -0.25) is 4.98 Å². The lowest BCUT2D eigenvalue weighted by molar-refractivity contribution is 0.435. The average Bonchev–Trinajstić information content (AvgIpc) is 3.51. The molecule has 10 aromatic carbocycles. The molecule has 5 heterocycles. The molecule has 15 rings (SSSR count). The molecule has 0 bridgehead atoms. The highest BCUT2D eigenvalue weighted by Crippen LogP contribution is 2.64. The highest BCUT2D eigenvalue weighted by Gasteiger charge is 2.51. The molecule has 13 aromatic rings. The fourth-order valence-corrected chi connectivity index (χ4v) is 13.7. The Hall–Kier alpha value is -9.04. The highest BCUT2D eigenvalue weighted by atomic mass is 32.2. The van der Waals surface area contributed by atoms with Crippen LogP contribution in [0, 0.1) is 0 Å². The van der Waals surface area contributed by atoms with E-state index in [4.69, 9.17) is 18.6 Å². The smallest absolute Gasteiger partial charge is 0.159 e. The van der Waals surface area contributed by atoms with Crippen LogP contribution in [0.3, 0.4) is 0 Å². The molecule has 0 radical (unpaired) electrons. The van der Waals surface area contributed by atoms with Crippen molar-refractivity contribution in [3.63, 3.8) is 0 Å². The summed E-state index contributed by atoms with van der Waals surface area (Å²) in [5.41, 5.74) is 15.7. The van der Waals surface area contributed by atoms with Crippen LogP contribution in [0.2, 0.25) is 0 Å². The summed E-state index contributed by atoms with van der Waals surface area (Å²) in [7, 11) is 0. The summed E-state index contributed by atoms with van der Waals surface area (Å²) in [6.07, 6.45) is 1.89. The number of rotatable bonds is 6. The van der Waals surface area contributed by atoms with Crippen LogP contribution >= 0.6 is 11.8 Å². The summed E-state index contributed by atoms with van der Waals surface area (Å²) < 4.78 is 21.3. The first-order valence-corrected chi connectivity index (χ1v) is 28.0. The molecule has 0 amide bonds. The minimum Gasteiger partial charge on any atom is -0.454 e. The van der Waals surface area contributed by atoms with Gasteiger partial charge in [-0.1, -0.05) is 175 Å². The van der Waals surface area contributed by atoms with Crippen molar-refractivity contribution < 1.29 is 13.6 Å². The molecule has 1 spiro atoms. The van der Waals surface area contributed by atoms with Crippen LogP contribution in [-0.2, 0) is 16.2 Å². The van der Waals surface area contributed by atoms with Gasteiger partial charge in [-0.15, -0.1) is 0 Å². The minimum absolute atomic E-state index is 0.0350. The molecule has 0 saturated heterocycles. The Balaban J connectivity index is 1.04. The predicted molar refractivity (Wildman–Crippen MR) is 326 cm³/mol. The van der Waals surface area contributed by atoms with Crippen LogP contribution in [-0.4, -0.2) is 4.98 Å². The van der Waals surface area contributed by atoms with Crippen molar-refractivity contribution in [3.05, 3.63) is 258 Å². The van der Waals surface area contributed by atoms with Gasteiger partial charge in [0.1, 0.15) is 22.4 Å². The van der Waals surface area contributed by atoms with Crippen molar-refractivity contribution in [3.8, 4) is 11.5 Å². The zero-order valence-electron chi connectivity index (χ0n) is 44.8. The van der Waals surface area contributed by atoms with Crippen molar-refractivity contribution >= 4 is 101 Å². The molecule has 382 valence electrons. The molecular formula is C72H55N3O3S. The number of para-hydroxylation sites is 4. The number of fused-ring (bicyclic) bond motifs is 16. The molecule has 0 saturated carbocycles. The number of hydrogen-bond acceptors (Lipinski definition) is 7. The Morgan fingerprint density at radius 1 is 0.405 bits per heavy atom. The third kappa shape index (κ3) is 7.22. The fourth-order valence-electron chi connectivity index (χ4n) is 12.5. The van der Waals surface area contributed by atoms with E-state index in [0.29, 0.717) is 0 Å². The average molecular weight is 1040 g/mol. The molecule has 0 N–H and O–H groups in total. The van der Waals surface area contributed by atoms with Gasteiger partial charge < -0.3 is 23.4 Å². The normalized spacial score (nSPS) is 13.6. The fraction of sp³-hybridized carbons (Fsp3) is 0.125. The summed E-state index contributed by atoms with van der Waals surface area (Å²) in [4.78, 5) is 12.4. The van der Waals surface area contributed by atoms with Crippen LogP contribution in [0.5, 0.6) is 11.5 Å². The molecule has 79 heavy (non-hydrogen) atoms. The second-order valence-electron chi connectivity index (χ2n) is 23.1. The highest BCUT2D eigenvalue weighted by molar-refractivity contribution is 7.99. The lowest BCUT2D eigenvalue weighted by atomic mass is 9.63. The van der Waals surface area contributed by atoms with Crippen molar-refractivity contribution in [2.24, 2.45) is 0 Å². The summed E-state index contributed by atoms with van der Waals surface area (Å²) in [6.45, 7) is 13.6. The number of nitrogens with zero attached hydrogens (tertiary/aromatic N) is 3. The maximum Gasteiger partial charge on any atom is 0.159 e. The Morgan fingerprint density at radius 3 is 1.48 bits per heavy atom. The molecule has 7 heteroatoms. The number of furan rings is 2. The second-order valence-corrected chi connectivity index (χ2v) is 24.2. The summed E-state index contributed by atoms with van der Waals surface area (Å²) in [5, 5.41) is 5.21. The Bertz CT molecular complexity index is 4550. The van der Waals surface area contributed by atoms with E-state index in [2.05, 4.69) is 252 Å². The zero-order chi connectivity index (χ0) is 53.4. The second kappa shape index (κ2) is 17.5. The van der Waals surface area contributed by atoms with E-state index in [9.17, 15) is 0 Å². The van der Waals surface area contributed by atoms with Crippen LogP contribution in [0.1, 0.15) is 74.9 Å².